The van der Waals surface area contributed by atoms with Crippen LogP contribution < -0.4 is 5.32 Å². The minimum Gasteiger partial charge on any atom is -0.307 e. The van der Waals surface area contributed by atoms with Crippen molar-refractivity contribution < 1.29 is 4.79 Å². The van der Waals surface area contributed by atoms with Gasteiger partial charge in [0.05, 0.1) is 6.04 Å². The third-order valence-electron chi connectivity index (χ3n) is 2.74. The Kier molecular flexibility index (Phi) is 3.44. The minimum atomic E-state index is -0.165. The molecule has 1 aromatic rings. The lowest BCUT2D eigenvalue weighted by Gasteiger charge is -2.17. The Bertz CT molecular complexity index is 365. The molecule has 0 aliphatic carbocycles. The van der Waals surface area contributed by atoms with Crippen molar-refractivity contribution in [2.24, 2.45) is 0 Å². The van der Waals surface area contributed by atoms with E-state index in [2.05, 4.69) is 17.4 Å². The first-order chi connectivity index (χ1) is 7.35. The Morgan fingerprint density at radius 2 is 2.40 bits per heavy atom. The normalized spacial score (nSPS) is 16.9. The van der Waals surface area contributed by atoms with E-state index in [9.17, 15) is 4.79 Å². The van der Waals surface area contributed by atoms with E-state index in [1.807, 2.05) is 24.9 Å². The molecule has 0 saturated heterocycles. The van der Waals surface area contributed by atoms with E-state index in [4.69, 9.17) is 0 Å². The highest BCUT2D eigenvalue weighted by Crippen LogP contribution is 2.31. The number of nitrogens with one attached hydrogen (secondary N) is 1. The Morgan fingerprint density at radius 1 is 1.53 bits per heavy atom. The molecule has 1 atom stereocenters. The van der Waals surface area contributed by atoms with E-state index in [0.29, 0.717) is 0 Å². The average molecular weight is 221 g/mol. The highest BCUT2D eigenvalue weighted by atomic mass is 32.2. The van der Waals surface area contributed by atoms with Crippen molar-refractivity contribution in [2.45, 2.75) is 23.8 Å². The fourth-order valence-electron chi connectivity index (χ4n) is 1.89. The summed E-state index contributed by atoms with van der Waals surface area (Å²) in [5.41, 5.74) is 2.47. The van der Waals surface area contributed by atoms with Gasteiger partial charge in [-0.3, -0.25) is 0 Å². The number of hydrogen-bond donors (Lipinski definition) is 1. The van der Waals surface area contributed by atoms with Crippen LogP contribution in [0.25, 0.3) is 0 Å². The van der Waals surface area contributed by atoms with Crippen LogP contribution in [0.4, 0.5) is 0 Å². The summed E-state index contributed by atoms with van der Waals surface area (Å²) in [6.07, 6.45) is 3.34. The standard InChI is InChI=1S/C12H15NOS/c1-13-11(8-14)9-4-5-12-10(7-9)3-2-6-15-12/h4-5,7-8,11,13H,2-3,6H2,1H3. The van der Waals surface area contributed by atoms with Crippen molar-refractivity contribution in [3.8, 4) is 0 Å². The summed E-state index contributed by atoms with van der Waals surface area (Å²) < 4.78 is 0. The summed E-state index contributed by atoms with van der Waals surface area (Å²) in [6.45, 7) is 0. The van der Waals surface area contributed by atoms with E-state index >= 15 is 0 Å². The second-order valence-electron chi connectivity index (χ2n) is 3.72. The van der Waals surface area contributed by atoms with Crippen LogP contribution in [0.3, 0.4) is 0 Å². The van der Waals surface area contributed by atoms with Gasteiger partial charge in [-0.1, -0.05) is 12.1 Å². The van der Waals surface area contributed by atoms with Gasteiger partial charge in [0.15, 0.2) is 0 Å². The van der Waals surface area contributed by atoms with Crippen LogP contribution in [0.5, 0.6) is 0 Å². The third-order valence-corrected chi connectivity index (χ3v) is 3.94. The molecule has 1 heterocycles. The summed E-state index contributed by atoms with van der Waals surface area (Å²) in [5.74, 6) is 1.22. The molecule has 2 rings (SSSR count). The molecule has 0 bridgehead atoms. The fraction of sp³-hybridized carbons (Fsp3) is 0.417. The number of carbonyl (C=O) groups excluding carboxylic acids is 1. The van der Waals surface area contributed by atoms with E-state index in [1.165, 1.54) is 22.6 Å². The molecule has 15 heavy (non-hydrogen) atoms. The second kappa shape index (κ2) is 4.81. The van der Waals surface area contributed by atoms with E-state index in [1.54, 1.807) is 0 Å². The highest BCUT2D eigenvalue weighted by molar-refractivity contribution is 7.99. The Labute approximate surface area is 94.4 Å². The van der Waals surface area contributed by atoms with Gasteiger partial charge < -0.3 is 10.1 Å². The quantitative estimate of drug-likeness (QED) is 0.793. The number of fused-ring (bicyclic) bond motifs is 1. The first kappa shape index (κ1) is 10.7. The molecule has 0 fully saturated rings. The summed E-state index contributed by atoms with van der Waals surface area (Å²) in [7, 11) is 1.81. The van der Waals surface area contributed by atoms with Gasteiger partial charge >= 0.3 is 0 Å². The Morgan fingerprint density at radius 3 is 3.13 bits per heavy atom. The maximum Gasteiger partial charge on any atom is 0.141 e. The molecular formula is C12H15NOS. The van der Waals surface area contributed by atoms with Crippen molar-refractivity contribution in [1.29, 1.82) is 0 Å². The van der Waals surface area contributed by atoms with E-state index in [-0.39, 0.29) is 6.04 Å². The highest BCUT2D eigenvalue weighted by Gasteiger charge is 2.13. The van der Waals surface area contributed by atoms with Gasteiger partial charge in [0.25, 0.3) is 0 Å². The molecule has 3 heteroatoms. The summed E-state index contributed by atoms with van der Waals surface area (Å²) >= 11 is 1.92. The van der Waals surface area contributed by atoms with Gasteiger partial charge in [0, 0.05) is 4.90 Å². The molecule has 1 aromatic carbocycles. The van der Waals surface area contributed by atoms with Crippen molar-refractivity contribution in [2.75, 3.05) is 12.8 Å². The van der Waals surface area contributed by atoms with Crippen LogP contribution in [-0.2, 0) is 11.2 Å². The molecule has 1 N–H and O–H groups in total. The van der Waals surface area contributed by atoms with Crippen molar-refractivity contribution in [1.82, 2.24) is 5.32 Å². The maximum atomic E-state index is 10.8. The van der Waals surface area contributed by atoms with Gasteiger partial charge in [0.1, 0.15) is 6.29 Å². The summed E-state index contributed by atoms with van der Waals surface area (Å²) in [6, 6.07) is 6.19. The number of likely N-dealkylation sites (N-methyl/N-ethyl adjacent to an activating group) is 1. The SMILES string of the molecule is CNC(C=O)c1ccc2c(c1)CCCS2. The van der Waals surface area contributed by atoms with Crippen LogP contribution in [-0.4, -0.2) is 19.1 Å². The maximum absolute atomic E-state index is 10.8. The molecule has 0 aromatic heterocycles. The smallest absolute Gasteiger partial charge is 0.141 e. The Balaban J connectivity index is 2.30. The first-order valence-corrected chi connectivity index (χ1v) is 6.22. The monoisotopic (exact) mass is 221 g/mol. The second-order valence-corrected chi connectivity index (χ2v) is 4.86. The molecule has 1 unspecified atom stereocenters. The molecule has 1 aliphatic heterocycles. The van der Waals surface area contributed by atoms with Crippen LogP contribution in [0.2, 0.25) is 0 Å². The van der Waals surface area contributed by atoms with Crippen LogP contribution in [0.1, 0.15) is 23.6 Å². The van der Waals surface area contributed by atoms with Crippen LogP contribution in [0, 0.1) is 0 Å². The first-order valence-electron chi connectivity index (χ1n) is 5.23. The molecular weight excluding hydrogens is 206 g/mol. The fourth-order valence-corrected chi connectivity index (χ4v) is 2.91. The number of benzene rings is 1. The molecule has 0 saturated carbocycles. The lowest BCUT2D eigenvalue weighted by atomic mass is 10.0. The molecule has 80 valence electrons. The Hall–Kier alpha value is -0.800. The number of aldehydes is 1. The summed E-state index contributed by atoms with van der Waals surface area (Å²) in [4.78, 5) is 12.2. The number of aryl methyl sites for hydroxylation is 1. The van der Waals surface area contributed by atoms with Gasteiger partial charge in [-0.25, -0.2) is 0 Å². The van der Waals surface area contributed by atoms with Crippen LogP contribution in [0.15, 0.2) is 23.1 Å². The topological polar surface area (TPSA) is 29.1 Å². The third kappa shape index (κ3) is 2.24. The molecule has 0 radical (unpaired) electrons. The largest absolute Gasteiger partial charge is 0.307 e. The molecule has 1 aliphatic rings. The van der Waals surface area contributed by atoms with Crippen molar-refractivity contribution >= 4 is 18.0 Å². The molecule has 0 spiro atoms. The van der Waals surface area contributed by atoms with Gasteiger partial charge in [-0.2, -0.15) is 0 Å². The average Bonchev–Trinajstić information content (AvgIpc) is 2.30. The predicted molar refractivity (Wildman–Crippen MR) is 63.4 cm³/mol. The molecule has 2 nitrogen and oxygen atoms in total. The zero-order chi connectivity index (χ0) is 10.7. The number of carbonyl (C=O) groups is 1. The predicted octanol–water partition coefficient (Wildman–Crippen LogP) is 2.18. The van der Waals surface area contributed by atoms with Crippen LogP contribution >= 0.6 is 11.8 Å². The lowest BCUT2D eigenvalue weighted by molar-refractivity contribution is -0.109. The van der Waals surface area contributed by atoms with E-state index in [0.717, 1.165) is 18.3 Å². The summed E-state index contributed by atoms with van der Waals surface area (Å²) in [5, 5.41) is 3.00. The zero-order valence-corrected chi connectivity index (χ0v) is 9.64. The van der Waals surface area contributed by atoms with E-state index < -0.39 is 0 Å². The number of rotatable bonds is 3. The molecule has 0 amide bonds. The number of thioether (sulfide) groups is 1. The van der Waals surface area contributed by atoms with Crippen molar-refractivity contribution in [3.05, 3.63) is 29.3 Å². The van der Waals surface area contributed by atoms with Gasteiger partial charge in [-0.15, -0.1) is 11.8 Å². The minimum absolute atomic E-state index is 0.165. The van der Waals surface area contributed by atoms with Gasteiger partial charge in [0.2, 0.25) is 0 Å². The van der Waals surface area contributed by atoms with Gasteiger partial charge in [-0.05, 0) is 42.8 Å². The zero-order valence-electron chi connectivity index (χ0n) is 8.82. The number of hydrogen-bond acceptors (Lipinski definition) is 3. The van der Waals surface area contributed by atoms with Crippen molar-refractivity contribution in [3.63, 3.8) is 0 Å². The lowest BCUT2D eigenvalue weighted by Crippen LogP contribution is -2.17.